The molecule has 0 bridgehead atoms. The third-order valence-electron chi connectivity index (χ3n) is 1.98. The minimum atomic E-state index is 0.951. The Morgan fingerprint density at radius 2 is 1.58 bits per heavy atom. The van der Waals surface area contributed by atoms with Crippen molar-refractivity contribution in [2.75, 3.05) is 6.54 Å². The Kier molecular flexibility index (Phi) is 10.4. The molecule has 12 heavy (non-hydrogen) atoms. The van der Waals surface area contributed by atoms with Crippen molar-refractivity contribution in [3.05, 3.63) is 12.7 Å². The molecule has 0 aliphatic carbocycles. The van der Waals surface area contributed by atoms with Gasteiger partial charge >= 0.3 is 0 Å². The van der Waals surface area contributed by atoms with Crippen LogP contribution in [0, 0.1) is 0 Å². The molecular formula is C10H22N2. The van der Waals surface area contributed by atoms with Crippen LogP contribution in [0.1, 0.15) is 44.9 Å². The predicted molar refractivity (Wildman–Crippen MR) is 54.7 cm³/mol. The molecule has 0 aliphatic heterocycles. The van der Waals surface area contributed by atoms with Gasteiger partial charge < -0.3 is 0 Å². The highest BCUT2D eigenvalue weighted by Crippen LogP contribution is 2.06. The van der Waals surface area contributed by atoms with Crippen molar-refractivity contribution in [3.8, 4) is 0 Å². The molecule has 72 valence electrons. The number of rotatable bonds is 9. The van der Waals surface area contributed by atoms with Crippen LogP contribution in [0.3, 0.4) is 0 Å². The molecule has 0 unspecified atom stereocenters. The van der Waals surface area contributed by atoms with Crippen molar-refractivity contribution in [2.24, 2.45) is 5.84 Å². The largest absolute Gasteiger partial charge is 0.271 e. The fourth-order valence-electron chi connectivity index (χ4n) is 1.22. The van der Waals surface area contributed by atoms with E-state index in [4.69, 9.17) is 5.84 Å². The quantitative estimate of drug-likeness (QED) is 0.241. The van der Waals surface area contributed by atoms with Crippen molar-refractivity contribution in [1.82, 2.24) is 5.43 Å². The van der Waals surface area contributed by atoms with Gasteiger partial charge in [0.15, 0.2) is 0 Å². The van der Waals surface area contributed by atoms with Crippen LogP contribution < -0.4 is 11.3 Å². The summed E-state index contributed by atoms with van der Waals surface area (Å²) in [6.07, 6.45) is 11.0. The zero-order valence-corrected chi connectivity index (χ0v) is 8.02. The molecular weight excluding hydrogens is 148 g/mol. The molecule has 3 N–H and O–H groups in total. The average molecular weight is 170 g/mol. The number of allylic oxidation sites excluding steroid dienone is 1. The van der Waals surface area contributed by atoms with Gasteiger partial charge in [-0.25, -0.2) is 0 Å². The first-order chi connectivity index (χ1) is 5.91. The molecule has 0 radical (unpaired) electrons. The Morgan fingerprint density at radius 1 is 1.00 bits per heavy atom. The van der Waals surface area contributed by atoms with Crippen LogP contribution in [0.25, 0.3) is 0 Å². The highest BCUT2D eigenvalue weighted by molar-refractivity contribution is 4.65. The Bertz CT molecular complexity index is 91.8. The van der Waals surface area contributed by atoms with E-state index in [-0.39, 0.29) is 0 Å². The van der Waals surface area contributed by atoms with Gasteiger partial charge in [0.25, 0.3) is 0 Å². The lowest BCUT2D eigenvalue weighted by atomic mass is 10.1. The average Bonchev–Trinajstić information content (AvgIpc) is 2.10. The fourth-order valence-corrected chi connectivity index (χ4v) is 1.22. The second-order valence-electron chi connectivity index (χ2n) is 3.15. The maximum Gasteiger partial charge on any atom is 0.00974 e. The van der Waals surface area contributed by atoms with E-state index in [1.165, 1.54) is 44.9 Å². The van der Waals surface area contributed by atoms with Crippen molar-refractivity contribution in [2.45, 2.75) is 44.9 Å². The van der Waals surface area contributed by atoms with Gasteiger partial charge in [0.2, 0.25) is 0 Å². The Morgan fingerprint density at radius 3 is 2.17 bits per heavy atom. The highest BCUT2D eigenvalue weighted by Gasteiger charge is 1.89. The number of nitrogens with one attached hydrogen (secondary N) is 1. The standard InChI is InChI=1S/C10H22N2/c1-2-3-4-5-6-7-8-9-10-12-11/h2,12H,1,3-11H2. The van der Waals surface area contributed by atoms with Gasteiger partial charge in [0, 0.05) is 6.54 Å². The van der Waals surface area contributed by atoms with Gasteiger partial charge in [0.05, 0.1) is 0 Å². The molecule has 0 aromatic rings. The fraction of sp³-hybridized carbons (Fsp3) is 0.800. The predicted octanol–water partition coefficient (Wildman–Crippen LogP) is 2.37. The minimum absolute atomic E-state index is 0.951. The molecule has 0 saturated carbocycles. The number of unbranched alkanes of at least 4 members (excludes halogenated alkanes) is 6. The maximum atomic E-state index is 5.15. The van der Waals surface area contributed by atoms with Crippen molar-refractivity contribution < 1.29 is 0 Å². The molecule has 0 aromatic carbocycles. The normalized spacial score (nSPS) is 10.1. The molecule has 0 fully saturated rings. The lowest BCUT2D eigenvalue weighted by Gasteiger charge is -1.99. The summed E-state index contributed by atoms with van der Waals surface area (Å²) in [6, 6.07) is 0. The summed E-state index contributed by atoms with van der Waals surface area (Å²) in [7, 11) is 0. The second-order valence-corrected chi connectivity index (χ2v) is 3.15. The Balaban J connectivity index is 2.77. The SMILES string of the molecule is C=CCCCCCCCCNN. The molecule has 0 aromatic heterocycles. The van der Waals surface area contributed by atoms with Crippen molar-refractivity contribution in [1.29, 1.82) is 0 Å². The summed E-state index contributed by atoms with van der Waals surface area (Å²) < 4.78 is 0. The molecule has 0 heterocycles. The Hall–Kier alpha value is -0.340. The molecule has 0 aliphatic rings. The maximum absolute atomic E-state index is 5.15. The molecule has 2 nitrogen and oxygen atoms in total. The monoisotopic (exact) mass is 170 g/mol. The number of hydrogen-bond acceptors (Lipinski definition) is 2. The first kappa shape index (κ1) is 11.7. The topological polar surface area (TPSA) is 38.0 Å². The number of hydrogen-bond donors (Lipinski definition) is 2. The molecule has 0 amide bonds. The van der Waals surface area contributed by atoms with E-state index in [0.29, 0.717) is 0 Å². The molecule has 0 rings (SSSR count). The third kappa shape index (κ3) is 9.66. The van der Waals surface area contributed by atoms with E-state index in [2.05, 4.69) is 12.0 Å². The zero-order valence-electron chi connectivity index (χ0n) is 8.02. The Labute approximate surface area is 76.2 Å². The lowest BCUT2D eigenvalue weighted by molar-refractivity contribution is 0.574. The summed E-state index contributed by atoms with van der Waals surface area (Å²) in [5.41, 5.74) is 2.67. The van der Waals surface area contributed by atoms with E-state index in [1.807, 2.05) is 6.08 Å². The summed E-state index contributed by atoms with van der Waals surface area (Å²) in [4.78, 5) is 0. The van der Waals surface area contributed by atoms with Crippen LogP contribution in [0.4, 0.5) is 0 Å². The van der Waals surface area contributed by atoms with Crippen LogP contribution in [0.2, 0.25) is 0 Å². The van der Waals surface area contributed by atoms with E-state index in [0.717, 1.165) is 6.54 Å². The van der Waals surface area contributed by atoms with E-state index < -0.39 is 0 Å². The zero-order chi connectivity index (χ0) is 9.07. The summed E-state index contributed by atoms with van der Waals surface area (Å²) in [5, 5.41) is 0. The van der Waals surface area contributed by atoms with Gasteiger partial charge in [-0.3, -0.25) is 11.3 Å². The van der Waals surface area contributed by atoms with Crippen LogP contribution >= 0.6 is 0 Å². The minimum Gasteiger partial charge on any atom is -0.271 e. The van der Waals surface area contributed by atoms with Gasteiger partial charge in [0.1, 0.15) is 0 Å². The van der Waals surface area contributed by atoms with E-state index in [1.54, 1.807) is 0 Å². The summed E-state index contributed by atoms with van der Waals surface area (Å²) in [5.74, 6) is 5.15. The summed E-state index contributed by atoms with van der Waals surface area (Å²) in [6.45, 7) is 4.65. The first-order valence-corrected chi connectivity index (χ1v) is 4.96. The number of nitrogens with two attached hydrogens (primary N) is 1. The van der Waals surface area contributed by atoms with Crippen LogP contribution in [0.15, 0.2) is 12.7 Å². The van der Waals surface area contributed by atoms with Gasteiger partial charge in [-0.05, 0) is 19.3 Å². The van der Waals surface area contributed by atoms with E-state index in [9.17, 15) is 0 Å². The van der Waals surface area contributed by atoms with Gasteiger partial charge in [-0.2, -0.15) is 0 Å². The third-order valence-corrected chi connectivity index (χ3v) is 1.98. The lowest BCUT2D eigenvalue weighted by Crippen LogP contribution is -2.22. The molecule has 0 saturated heterocycles. The molecule has 0 spiro atoms. The molecule has 0 atom stereocenters. The summed E-state index contributed by atoms with van der Waals surface area (Å²) >= 11 is 0. The van der Waals surface area contributed by atoms with Crippen LogP contribution in [0.5, 0.6) is 0 Å². The molecule has 2 heteroatoms. The van der Waals surface area contributed by atoms with Crippen LogP contribution in [-0.4, -0.2) is 6.54 Å². The first-order valence-electron chi connectivity index (χ1n) is 4.96. The van der Waals surface area contributed by atoms with Gasteiger partial charge in [-0.15, -0.1) is 6.58 Å². The highest BCUT2D eigenvalue weighted by atomic mass is 15.2. The second kappa shape index (κ2) is 10.7. The van der Waals surface area contributed by atoms with Crippen molar-refractivity contribution >= 4 is 0 Å². The number of hydrazine groups is 1. The smallest absolute Gasteiger partial charge is 0.00974 e. The van der Waals surface area contributed by atoms with Gasteiger partial charge in [-0.1, -0.05) is 31.8 Å². The van der Waals surface area contributed by atoms with Crippen molar-refractivity contribution in [3.63, 3.8) is 0 Å². The van der Waals surface area contributed by atoms with Crippen LogP contribution in [-0.2, 0) is 0 Å². The van der Waals surface area contributed by atoms with E-state index >= 15 is 0 Å².